The first-order valence-electron chi connectivity index (χ1n) is 5.71. The van der Waals surface area contributed by atoms with Crippen LogP contribution in [0.2, 0.25) is 5.15 Å². The summed E-state index contributed by atoms with van der Waals surface area (Å²) in [5.74, 6) is 0.817. The normalized spacial score (nSPS) is 25.4. The van der Waals surface area contributed by atoms with Crippen LogP contribution in [0.15, 0.2) is 12.1 Å². The molecule has 1 aliphatic carbocycles. The lowest BCUT2D eigenvalue weighted by molar-refractivity contribution is 0.371. The van der Waals surface area contributed by atoms with Gasteiger partial charge in [-0.3, -0.25) is 0 Å². The molecule has 1 aromatic heterocycles. The monoisotopic (exact) mass is 240 g/mol. The van der Waals surface area contributed by atoms with Gasteiger partial charge in [-0.1, -0.05) is 11.6 Å². The summed E-state index contributed by atoms with van der Waals surface area (Å²) >= 11 is 5.68. The number of nitrogens with one attached hydrogen (secondary N) is 2. The predicted molar refractivity (Wildman–Crippen MR) is 65.8 cm³/mol. The number of rotatable bonds is 3. The van der Waals surface area contributed by atoms with E-state index in [2.05, 4.69) is 20.8 Å². The molecule has 0 amide bonds. The van der Waals surface area contributed by atoms with Crippen LogP contribution in [0.1, 0.15) is 25.7 Å². The van der Waals surface area contributed by atoms with Crippen molar-refractivity contribution in [2.24, 2.45) is 0 Å². The smallest absolute Gasteiger partial charge is 0.151 e. The number of nitrogens with zero attached hydrogens (tertiary/aromatic N) is 2. The Kier molecular flexibility index (Phi) is 3.96. The van der Waals surface area contributed by atoms with Gasteiger partial charge in [-0.25, -0.2) is 0 Å². The van der Waals surface area contributed by atoms with Crippen molar-refractivity contribution in [3.8, 4) is 0 Å². The van der Waals surface area contributed by atoms with Gasteiger partial charge in [0.25, 0.3) is 0 Å². The van der Waals surface area contributed by atoms with E-state index in [0.717, 1.165) is 5.82 Å². The van der Waals surface area contributed by atoms with Crippen molar-refractivity contribution in [1.82, 2.24) is 15.5 Å². The molecule has 0 saturated heterocycles. The summed E-state index contributed by atoms with van der Waals surface area (Å²) in [5, 5.41) is 15.0. The van der Waals surface area contributed by atoms with Crippen molar-refractivity contribution in [2.75, 3.05) is 12.4 Å². The highest BCUT2D eigenvalue weighted by molar-refractivity contribution is 6.29. The Labute approximate surface area is 101 Å². The largest absolute Gasteiger partial charge is 0.366 e. The zero-order chi connectivity index (χ0) is 11.4. The maximum Gasteiger partial charge on any atom is 0.151 e. The first-order valence-corrected chi connectivity index (χ1v) is 6.09. The first-order chi connectivity index (χ1) is 7.78. The third kappa shape index (κ3) is 3.06. The summed E-state index contributed by atoms with van der Waals surface area (Å²) in [5.41, 5.74) is 0. The van der Waals surface area contributed by atoms with Crippen molar-refractivity contribution < 1.29 is 0 Å². The number of halogens is 1. The molecule has 2 rings (SSSR count). The number of hydrogen-bond acceptors (Lipinski definition) is 4. The van der Waals surface area contributed by atoms with Gasteiger partial charge in [0.2, 0.25) is 0 Å². The average Bonchev–Trinajstić information content (AvgIpc) is 2.33. The van der Waals surface area contributed by atoms with Crippen LogP contribution in [0.25, 0.3) is 0 Å². The summed E-state index contributed by atoms with van der Waals surface area (Å²) in [4.78, 5) is 0. The second kappa shape index (κ2) is 5.46. The molecule has 1 saturated carbocycles. The van der Waals surface area contributed by atoms with E-state index in [-0.39, 0.29) is 0 Å². The Balaban J connectivity index is 1.84. The topological polar surface area (TPSA) is 49.8 Å². The van der Waals surface area contributed by atoms with Gasteiger partial charge in [0.1, 0.15) is 5.82 Å². The Morgan fingerprint density at radius 3 is 2.38 bits per heavy atom. The maximum atomic E-state index is 5.68. The molecule has 0 aliphatic heterocycles. The van der Waals surface area contributed by atoms with Crippen LogP contribution in [0.5, 0.6) is 0 Å². The third-order valence-electron chi connectivity index (χ3n) is 3.12. The maximum absolute atomic E-state index is 5.68. The molecular weight excluding hydrogens is 224 g/mol. The van der Waals surface area contributed by atoms with E-state index < -0.39 is 0 Å². The second-order valence-electron chi connectivity index (χ2n) is 4.22. The fraction of sp³-hybridized carbons (Fsp3) is 0.636. The summed E-state index contributed by atoms with van der Waals surface area (Å²) < 4.78 is 0. The molecule has 16 heavy (non-hydrogen) atoms. The minimum absolute atomic E-state index is 0.435. The van der Waals surface area contributed by atoms with Crippen molar-refractivity contribution in [1.29, 1.82) is 0 Å². The lowest BCUT2D eigenvalue weighted by Gasteiger charge is -2.28. The average molecular weight is 241 g/mol. The molecular formula is C11H17ClN4. The summed E-state index contributed by atoms with van der Waals surface area (Å²) in [6.07, 6.45) is 4.79. The zero-order valence-electron chi connectivity index (χ0n) is 9.41. The van der Waals surface area contributed by atoms with Crippen molar-refractivity contribution in [2.45, 2.75) is 37.8 Å². The highest BCUT2D eigenvalue weighted by Gasteiger charge is 2.19. The molecule has 1 fully saturated rings. The molecule has 0 unspecified atom stereocenters. The molecule has 1 aromatic rings. The van der Waals surface area contributed by atoms with Crippen molar-refractivity contribution in [3.05, 3.63) is 17.3 Å². The van der Waals surface area contributed by atoms with E-state index in [9.17, 15) is 0 Å². The zero-order valence-corrected chi connectivity index (χ0v) is 10.2. The van der Waals surface area contributed by atoms with Gasteiger partial charge in [0.15, 0.2) is 5.15 Å². The fourth-order valence-corrected chi connectivity index (χ4v) is 2.23. The quantitative estimate of drug-likeness (QED) is 0.849. The van der Waals surface area contributed by atoms with E-state index in [1.807, 2.05) is 13.1 Å². The molecule has 88 valence electrons. The summed E-state index contributed by atoms with van der Waals surface area (Å²) in [6.45, 7) is 0. The standard InChI is InChI=1S/C11H17ClN4/c1-13-8-2-4-9(5-3-8)14-11-7-6-10(12)15-16-11/h6-9,13H,2-5H2,1H3,(H,14,16). The van der Waals surface area contributed by atoms with E-state index in [4.69, 9.17) is 11.6 Å². The Morgan fingerprint density at radius 1 is 1.12 bits per heavy atom. The SMILES string of the molecule is CNC1CCC(Nc2ccc(Cl)nn2)CC1. The van der Waals surface area contributed by atoms with E-state index in [1.165, 1.54) is 25.7 Å². The number of aromatic nitrogens is 2. The second-order valence-corrected chi connectivity index (χ2v) is 4.61. The molecule has 1 heterocycles. The predicted octanol–water partition coefficient (Wildman–Crippen LogP) is 2.07. The first kappa shape index (κ1) is 11.6. The molecule has 0 radical (unpaired) electrons. The lowest BCUT2D eigenvalue weighted by Crippen LogP contribution is -2.35. The van der Waals surface area contributed by atoms with E-state index >= 15 is 0 Å². The van der Waals surface area contributed by atoms with Gasteiger partial charge in [-0.05, 0) is 44.9 Å². The molecule has 2 N–H and O–H groups in total. The highest BCUT2D eigenvalue weighted by Crippen LogP contribution is 2.21. The van der Waals surface area contributed by atoms with Crippen molar-refractivity contribution >= 4 is 17.4 Å². The van der Waals surface area contributed by atoms with Gasteiger partial charge >= 0.3 is 0 Å². The minimum Gasteiger partial charge on any atom is -0.366 e. The molecule has 4 nitrogen and oxygen atoms in total. The fourth-order valence-electron chi connectivity index (χ4n) is 2.13. The van der Waals surface area contributed by atoms with E-state index in [0.29, 0.717) is 17.2 Å². The lowest BCUT2D eigenvalue weighted by atomic mass is 9.91. The van der Waals surface area contributed by atoms with Crippen LogP contribution < -0.4 is 10.6 Å². The molecule has 0 spiro atoms. The summed E-state index contributed by atoms with van der Waals surface area (Å²) in [6, 6.07) is 4.82. The third-order valence-corrected chi connectivity index (χ3v) is 3.32. The number of hydrogen-bond donors (Lipinski definition) is 2. The van der Waals surface area contributed by atoms with Crippen LogP contribution in [-0.4, -0.2) is 29.3 Å². The molecule has 5 heteroatoms. The Hall–Kier alpha value is -0.870. The minimum atomic E-state index is 0.435. The Morgan fingerprint density at radius 2 is 1.81 bits per heavy atom. The van der Waals surface area contributed by atoms with Gasteiger partial charge < -0.3 is 10.6 Å². The molecule has 1 aliphatic rings. The van der Waals surface area contributed by atoms with Gasteiger partial charge in [-0.2, -0.15) is 0 Å². The van der Waals surface area contributed by atoms with Crippen LogP contribution in [0.4, 0.5) is 5.82 Å². The van der Waals surface area contributed by atoms with Gasteiger partial charge in [0.05, 0.1) is 0 Å². The van der Waals surface area contributed by atoms with Crippen LogP contribution in [0.3, 0.4) is 0 Å². The Bertz CT molecular complexity index is 319. The van der Waals surface area contributed by atoms with E-state index in [1.54, 1.807) is 6.07 Å². The van der Waals surface area contributed by atoms with Crippen molar-refractivity contribution in [3.63, 3.8) is 0 Å². The number of anilines is 1. The van der Waals surface area contributed by atoms with Crippen LogP contribution >= 0.6 is 11.6 Å². The van der Waals surface area contributed by atoms with Crippen LogP contribution in [0, 0.1) is 0 Å². The molecule has 0 bridgehead atoms. The van der Waals surface area contributed by atoms with Gasteiger partial charge in [0, 0.05) is 12.1 Å². The van der Waals surface area contributed by atoms with Gasteiger partial charge in [-0.15, -0.1) is 10.2 Å². The molecule has 0 atom stereocenters. The van der Waals surface area contributed by atoms with Crippen LogP contribution in [-0.2, 0) is 0 Å². The summed E-state index contributed by atoms with van der Waals surface area (Å²) in [7, 11) is 2.03. The highest BCUT2D eigenvalue weighted by atomic mass is 35.5. The molecule has 0 aromatic carbocycles.